The number of benzene rings is 1. The molecule has 0 saturated heterocycles. The number of ether oxygens (including phenoxy) is 1. The molecule has 1 aliphatic heterocycles. The predicted octanol–water partition coefficient (Wildman–Crippen LogP) is 5.45. The number of rotatable bonds is 4. The lowest BCUT2D eigenvalue weighted by atomic mass is 9.82. The zero-order valence-corrected chi connectivity index (χ0v) is 21.9. The molecule has 2 aliphatic carbocycles. The summed E-state index contributed by atoms with van der Waals surface area (Å²) >= 11 is 0. The molecule has 0 unspecified atom stereocenters. The van der Waals surface area contributed by atoms with Crippen molar-refractivity contribution in [1.82, 2.24) is 24.5 Å². The highest BCUT2D eigenvalue weighted by atomic mass is 19.3. The first kappa shape index (κ1) is 25.9. The van der Waals surface area contributed by atoms with E-state index >= 15 is 0 Å². The Bertz CT molecular complexity index is 1680. The van der Waals surface area contributed by atoms with Gasteiger partial charge in [0, 0.05) is 66.7 Å². The Morgan fingerprint density at radius 3 is 2.49 bits per heavy atom. The van der Waals surface area contributed by atoms with Gasteiger partial charge >= 0.3 is 6.61 Å². The van der Waals surface area contributed by atoms with Crippen LogP contribution < -0.4 is 4.74 Å². The van der Waals surface area contributed by atoms with E-state index in [0.29, 0.717) is 28.8 Å². The number of fused-ring (bicyclic) bond motifs is 9. The van der Waals surface area contributed by atoms with Crippen LogP contribution in [-0.2, 0) is 5.60 Å². The summed E-state index contributed by atoms with van der Waals surface area (Å²) in [7, 11) is 1.69. The molecule has 7 rings (SSSR count). The summed E-state index contributed by atoms with van der Waals surface area (Å²) in [5.74, 6) is -3.39. The van der Waals surface area contributed by atoms with Crippen molar-refractivity contribution in [2.75, 3.05) is 7.05 Å². The van der Waals surface area contributed by atoms with Crippen molar-refractivity contribution in [3.8, 4) is 16.9 Å². The Kier molecular flexibility index (Phi) is 5.66. The van der Waals surface area contributed by atoms with Crippen LogP contribution >= 0.6 is 0 Å². The fourth-order valence-corrected chi connectivity index (χ4v) is 6.51. The van der Waals surface area contributed by atoms with E-state index in [1.54, 1.807) is 41.1 Å². The Morgan fingerprint density at radius 1 is 1.05 bits per heavy atom. The highest BCUT2D eigenvalue weighted by Gasteiger charge is 2.47. The van der Waals surface area contributed by atoms with Gasteiger partial charge in [-0.1, -0.05) is 6.07 Å². The largest absolute Gasteiger partial charge is 0.434 e. The van der Waals surface area contributed by atoms with Crippen molar-refractivity contribution in [3.63, 3.8) is 0 Å². The first-order chi connectivity index (χ1) is 19.5. The van der Waals surface area contributed by atoms with Gasteiger partial charge in [-0.05, 0) is 49.1 Å². The molecule has 12 heteroatoms. The predicted molar refractivity (Wildman–Crippen MR) is 138 cm³/mol. The third-order valence-corrected chi connectivity index (χ3v) is 8.68. The van der Waals surface area contributed by atoms with E-state index in [-0.39, 0.29) is 36.4 Å². The molecule has 8 nitrogen and oxygen atoms in total. The number of aliphatic hydroxyl groups is 1. The van der Waals surface area contributed by atoms with Crippen molar-refractivity contribution in [2.24, 2.45) is 0 Å². The third kappa shape index (κ3) is 4.06. The molecule has 4 aromatic rings. The van der Waals surface area contributed by atoms with E-state index < -0.39 is 36.9 Å². The van der Waals surface area contributed by atoms with Crippen molar-refractivity contribution < 1.29 is 32.2 Å². The van der Waals surface area contributed by atoms with Crippen molar-refractivity contribution in [1.29, 1.82) is 0 Å². The van der Waals surface area contributed by atoms with Crippen LogP contribution in [0, 0.1) is 0 Å². The van der Waals surface area contributed by atoms with E-state index in [9.17, 15) is 27.5 Å². The molecule has 2 atom stereocenters. The average Bonchev–Trinajstić information content (AvgIpc) is 3.47. The van der Waals surface area contributed by atoms with E-state index in [1.807, 2.05) is 12.1 Å². The maximum Gasteiger partial charge on any atom is 0.387 e. The summed E-state index contributed by atoms with van der Waals surface area (Å²) in [4.78, 5) is 23.6. The number of hydrogen-bond acceptors (Lipinski definition) is 6. The van der Waals surface area contributed by atoms with Gasteiger partial charge in [0.15, 0.2) is 5.82 Å². The highest BCUT2D eigenvalue weighted by Crippen LogP contribution is 2.53. The van der Waals surface area contributed by atoms with E-state index in [2.05, 4.69) is 9.97 Å². The van der Waals surface area contributed by atoms with Gasteiger partial charge in [-0.3, -0.25) is 4.79 Å². The van der Waals surface area contributed by atoms with Crippen LogP contribution in [0.15, 0.2) is 48.9 Å². The summed E-state index contributed by atoms with van der Waals surface area (Å²) in [5.41, 5.74) is 2.90. The van der Waals surface area contributed by atoms with Gasteiger partial charge in [-0.15, -0.1) is 0 Å². The van der Waals surface area contributed by atoms with Gasteiger partial charge in [0.05, 0.1) is 17.3 Å². The Labute approximate surface area is 231 Å². The maximum atomic E-state index is 13.6. The number of halogens is 4. The van der Waals surface area contributed by atoms with Crippen molar-refractivity contribution >= 4 is 11.4 Å². The molecule has 1 saturated carbocycles. The minimum absolute atomic E-state index is 0.0318. The van der Waals surface area contributed by atoms with Crippen molar-refractivity contribution in [2.45, 2.75) is 62.2 Å². The summed E-state index contributed by atoms with van der Waals surface area (Å²) in [6.07, 6.45) is 4.26. The zero-order chi connectivity index (χ0) is 28.7. The van der Waals surface area contributed by atoms with E-state index in [1.165, 1.54) is 12.1 Å². The molecule has 1 aromatic carbocycles. The molecule has 3 aromatic heterocycles. The fraction of sp³-hybridized carbons (Fsp3) is 0.379. The van der Waals surface area contributed by atoms with Gasteiger partial charge in [0.25, 0.3) is 5.91 Å². The third-order valence-electron chi connectivity index (χ3n) is 8.68. The lowest BCUT2D eigenvalue weighted by Gasteiger charge is -2.34. The van der Waals surface area contributed by atoms with Crippen LogP contribution in [0.4, 0.5) is 17.6 Å². The molecular formula is C29H25F4N5O3. The molecule has 0 radical (unpaired) electrons. The number of carbonyl (C=O) groups is 1. The summed E-state index contributed by atoms with van der Waals surface area (Å²) in [5, 5.41) is 15.7. The molecule has 4 heterocycles. The minimum atomic E-state index is -3.05. The van der Waals surface area contributed by atoms with Gasteiger partial charge in [0.2, 0.25) is 5.92 Å². The van der Waals surface area contributed by atoms with Crippen LogP contribution in [0.2, 0.25) is 0 Å². The molecule has 0 spiro atoms. The van der Waals surface area contributed by atoms with Crippen molar-refractivity contribution in [3.05, 3.63) is 77.1 Å². The Balaban J connectivity index is 1.29. The van der Waals surface area contributed by atoms with Crippen LogP contribution in [0.3, 0.4) is 0 Å². The average molecular weight is 568 g/mol. The molecule has 1 fully saturated rings. The Hall–Kier alpha value is -4.06. The number of carbonyl (C=O) groups excluding carboxylic acids is 1. The number of hydrogen-bond donors (Lipinski definition) is 1. The topological polar surface area (TPSA) is 92.9 Å². The Morgan fingerprint density at radius 2 is 1.78 bits per heavy atom. The monoisotopic (exact) mass is 567 g/mol. The number of amides is 1. The molecular weight excluding hydrogens is 542 g/mol. The first-order valence-corrected chi connectivity index (χ1v) is 13.3. The second-order valence-electron chi connectivity index (χ2n) is 11.0. The number of aromatic nitrogens is 4. The number of alkyl halides is 4. The second-order valence-corrected chi connectivity index (χ2v) is 11.0. The molecule has 2 bridgehead atoms. The van der Waals surface area contributed by atoms with E-state index in [4.69, 9.17) is 9.84 Å². The highest BCUT2D eigenvalue weighted by molar-refractivity contribution is 5.98. The van der Waals surface area contributed by atoms with Crippen LogP contribution in [0.5, 0.6) is 5.75 Å². The smallest absolute Gasteiger partial charge is 0.387 e. The summed E-state index contributed by atoms with van der Waals surface area (Å²) in [6.45, 7) is -3.05. The van der Waals surface area contributed by atoms with Gasteiger partial charge in [0.1, 0.15) is 11.4 Å². The van der Waals surface area contributed by atoms with Gasteiger partial charge < -0.3 is 14.7 Å². The lowest BCUT2D eigenvalue weighted by molar-refractivity contribution is -0.110. The molecule has 1 N–H and O–H groups in total. The lowest BCUT2D eigenvalue weighted by Crippen LogP contribution is -2.37. The van der Waals surface area contributed by atoms with Gasteiger partial charge in [-0.2, -0.15) is 13.9 Å². The summed E-state index contributed by atoms with van der Waals surface area (Å²) < 4.78 is 60.5. The number of nitrogens with zero attached hydrogens (tertiary/aromatic N) is 5. The summed E-state index contributed by atoms with van der Waals surface area (Å²) in [6, 6.07) is 7.99. The molecule has 3 aliphatic rings. The molecule has 212 valence electrons. The van der Waals surface area contributed by atoms with E-state index in [0.717, 1.165) is 16.6 Å². The molecule has 1 amide bonds. The standard InChI is InChI=1S/C29H25F4N5O3/c1-37-20-12-18(22-17(25(37)39)3-2-4-21(22)41-27(30)31)23-19-11-15(5-10-38(19)36-24(20)23)16-13-34-26(35-14-16)28(40)6-8-29(32,33)9-7-28/h2-5,10-11,13-14,18,20,27,40H,6-9,12H2,1H3/t18-,20-/m1/s1. The maximum absolute atomic E-state index is 13.6. The normalized spacial score (nSPS) is 22.5. The quantitative estimate of drug-likeness (QED) is 0.330. The van der Waals surface area contributed by atoms with Crippen LogP contribution in [-0.4, -0.2) is 55.1 Å². The second kappa shape index (κ2) is 8.97. The minimum Gasteiger partial charge on any atom is -0.434 e. The van der Waals surface area contributed by atoms with Crippen LogP contribution in [0.25, 0.3) is 16.6 Å². The molecule has 41 heavy (non-hydrogen) atoms. The first-order valence-electron chi connectivity index (χ1n) is 13.3. The van der Waals surface area contributed by atoms with Gasteiger partial charge in [-0.25, -0.2) is 23.3 Å². The van der Waals surface area contributed by atoms with Crippen LogP contribution in [0.1, 0.15) is 77.1 Å². The zero-order valence-electron chi connectivity index (χ0n) is 21.9. The number of pyridine rings is 1. The SMILES string of the molecule is CN1C(=O)c2cccc(OC(F)F)c2[C@H]2C[C@@H]1c1nn3ccc(-c4cnc(C5(O)CCC(F)(F)CC5)nc4)cc3c12. The fourth-order valence-electron chi connectivity index (χ4n) is 6.51.